The maximum absolute atomic E-state index is 13.3. The number of nitro benzene ring substituents is 1. The summed E-state index contributed by atoms with van der Waals surface area (Å²) in [5, 5.41) is 21.1. The summed E-state index contributed by atoms with van der Waals surface area (Å²) in [5.74, 6) is -1.99. The standard InChI is InChI=1S/C18H15F4N3O6/c1-9-2-4-13(12(6-9)25(28)29)30-8-10-3-5-14(31-10)16(26)24-18(27,17(21)22)7-11(23-24)15(19)20/h2-7,15,17,23,27H,8H2,1H3. The molecule has 1 aliphatic rings. The highest BCUT2D eigenvalue weighted by Gasteiger charge is 2.51. The Morgan fingerprint density at radius 1 is 1.32 bits per heavy atom. The number of aliphatic hydroxyl groups is 1. The van der Waals surface area contributed by atoms with E-state index < -0.39 is 40.9 Å². The molecule has 1 aliphatic heterocycles. The largest absolute Gasteiger partial charge is 0.479 e. The summed E-state index contributed by atoms with van der Waals surface area (Å²) in [6.07, 6.45) is -6.68. The maximum atomic E-state index is 13.3. The second-order valence-corrected chi connectivity index (χ2v) is 6.52. The van der Waals surface area contributed by atoms with Crippen molar-refractivity contribution in [3.63, 3.8) is 0 Å². The van der Waals surface area contributed by atoms with Crippen molar-refractivity contribution < 1.29 is 41.5 Å². The number of furan rings is 1. The molecule has 166 valence electrons. The molecule has 13 heteroatoms. The molecule has 2 aromatic rings. The number of aryl methyl sites for hydroxylation is 1. The number of nitro groups is 1. The summed E-state index contributed by atoms with van der Waals surface area (Å²) in [6.45, 7) is 1.30. The van der Waals surface area contributed by atoms with Gasteiger partial charge in [-0.25, -0.2) is 22.6 Å². The number of rotatable bonds is 7. The van der Waals surface area contributed by atoms with Crippen LogP contribution in [0.4, 0.5) is 23.2 Å². The number of allylic oxidation sites excluding steroid dienone is 1. The van der Waals surface area contributed by atoms with Gasteiger partial charge in [0, 0.05) is 12.1 Å². The lowest BCUT2D eigenvalue weighted by atomic mass is 10.2. The van der Waals surface area contributed by atoms with E-state index in [9.17, 15) is 37.6 Å². The zero-order valence-electron chi connectivity index (χ0n) is 15.7. The molecule has 1 amide bonds. The van der Waals surface area contributed by atoms with E-state index in [1.807, 2.05) is 0 Å². The number of halogens is 4. The SMILES string of the molecule is Cc1ccc(OCc2ccc(C(=O)N3NC(C(F)F)=CC3(O)C(F)F)o2)c([N+](=O)[O-])c1. The van der Waals surface area contributed by atoms with Crippen LogP contribution in [-0.2, 0) is 6.61 Å². The maximum Gasteiger partial charge on any atom is 0.311 e. The number of hydrogen-bond donors (Lipinski definition) is 2. The van der Waals surface area contributed by atoms with Crippen molar-refractivity contribution in [1.29, 1.82) is 0 Å². The third kappa shape index (κ3) is 4.30. The van der Waals surface area contributed by atoms with E-state index in [0.29, 0.717) is 5.56 Å². The number of nitrogens with one attached hydrogen (secondary N) is 1. The Kier molecular flexibility index (Phi) is 5.88. The van der Waals surface area contributed by atoms with E-state index in [2.05, 4.69) is 0 Å². The van der Waals surface area contributed by atoms with Crippen molar-refractivity contribution >= 4 is 11.6 Å². The van der Waals surface area contributed by atoms with Crippen molar-refractivity contribution in [2.45, 2.75) is 32.1 Å². The van der Waals surface area contributed by atoms with Crippen molar-refractivity contribution in [2.75, 3.05) is 0 Å². The quantitative estimate of drug-likeness (QED) is 0.382. The van der Waals surface area contributed by atoms with E-state index in [1.165, 1.54) is 18.2 Å². The Hall–Kier alpha value is -3.61. The second-order valence-electron chi connectivity index (χ2n) is 6.52. The lowest BCUT2D eigenvalue weighted by Crippen LogP contribution is -2.56. The van der Waals surface area contributed by atoms with Gasteiger partial charge in [0.25, 0.3) is 12.9 Å². The first kappa shape index (κ1) is 22.1. The molecular formula is C18H15F4N3O6. The van der Waals surface area contributed by atoms with Gasteiger partial charge in [-0.1, -0.05) is 6.07 Å². The Morgan fingerprint density at radius 3 is 2.65 bits per heavy atom. The lowest BCUT2D eigenvalue weighted by Gasteiger charge is -2.30. The van der Waals surface area contributed by atoms with Gasteiger partial charge in [-0.2, -0.15) is 0 Å². The van der Waals surface area contributed by atoms with Gasteiger partial charge in [-0.15, -0.1) is 0 Å². The minimum atomic E-state index is -3.60. The van der Waals surface area contributed by atoms with Crippen LogP contribution in [0.5, 0.6) is 5.75 Å². The molecule has 31 heavy (non-hydrogen) atoms. The fraction of sp³-hybridized carbons (Fsp3) is 0.278. The third-order valence-corrected chi connectivity index (χ3v) is 4.28. The van der Waals surface area contributed by atoms with E-state index >= 15 is 0 Å². The minimum Gasteiger partial charge on any atom is -0.479 e. The van der Waals surface area contributed by atoms with Gasteiger partial charge in [0.1, 0.15) is 12.4 Å². The van der Waals surface area contributed by atoms with Gasteiger partial charge in [-0.3, -0.25) is 20.3 Å². The van der Waals surface area contributed by atoms with Crippen LogP contribution in [0.2, 0.25) is 0 Å². The predicted octanol–water partition coefficient (Wildman–Crippen LogP) is 3.14. The van der Waals surface area contributed by atoms with Crippen LogP contribution in [-0.4, -0.2) is 39.5 Å². The number of amides is 1. The predicted molar refractivity (Wildman–Crippen MR) is 95.2 cm³/mol. The van der Waals surface area contributed by atoms with Crippen molar-refractivity contribution in [1.82, 2.24) is 10.4 Å². The lowest BCUT2D eigenvalue weighted by molar-refractivity contribution is -0.386. The molecule has 0 spiro atoms. The molecule has 1 atom stereocenters. The van der Waals surface area contributed by atoms with Crippen LogP contribution in [0.3, 0.4) is 0 Å². The fourth-order valence-electron chi connectivity index (χ4n) is 2.75. The highest BCUT2D eigenvalue weighted by Crippen LogP contribution is 2.32. The topological polar surface area (TPSA) is 118 Å². The molecule has 3 rings (SSSR count). The van der Waals surface area contributed by atoms with E-state index in [-0.39, 0.29) is 34.9 Å². The molecule has 0 bridgehead atoms. The average Bonchev–Trinajstić information content (AvgIpc) is 3.32. The molecule has 1 aromatic heterocycles. The average molecular weight is 445 g/mol. The summed E-state index contributed by atoms with van der Waals surface area (Å²) in [7, 11) is 0. The van der Waals surface area contributed by atoms with E-state index in [4.69, 9.17) is 9.15 Å². The molecule has 1 aromatic carbocycles. The number of carbonyl (C=O) groups excluding carboxylic acids is 1. The summed E-state index contributed by atoms with van der Waals surface area (Å²) >= 11 is 0. The van der Waals surface area contributed by atoms with Crippen LogP contribution in [0, 0.1) is 17.0 Å². The third-order valence-electron chi connectivity index (χ3n) is 4.28. The fourth-order valence-corrected chi connectivity index (χ4v) is 2.75. The number of ether oxygens (including phenoxy) is 1. The Bertz CT molecular complexity index is 1040. The summed E-state index contributed by atoms with van der Waals surface area (Å²) in [6, 6.07) is 6.53. The van der Waals surface area contributed by atoms with E-state index in [0.717, 1.165) is 6.07 Å². The molecule has 0 saturated heterocycles. The molecule has 0 aliphatic carbocycles. The van der Waals surface area contributed by atoms with Gasteiger partial charge >= 0.3 is 11.6 Å². The number of hydrazine groups is 1. The van der Waals surface area contributed by atoms with Crippen LogP contribution in [0.25, 0.3) is 0 Å². The monoisotopic (exact) mass is 445 g/mol. The van der Waals surface area contributed by atoms with Crippen molar-refractivity contribution in [3.05, 3.63) is 69.3 Å². The molecule has 0 saturated carbocycles. The van der Waals surface area contributed by atoms with Gasteiger partial charge in [0.05, 0.1) is 10.6 Å². The first-order valence-corrected chi connectivity index (χ1v) is 8.62. The molecule has 9 nitrogen and oxygen atoms in total. The number of nitrogens with zero attached hydrogens (tertiary/aromatic N) is 2. The number of benzene rings is 1. The van der Waals surface area contributed by atoms with Crippen LogP contribution >= 0.6 is 0 Å². The van der Waals surface area contributed by atoms with Gasteiger partial charge in [0.2, 0.25) is 5.72 Å². The minimum absolute atomic E-state index is 0.0138. The summed E-state index contributed by atoms with van der Waals surface area (Å²) in [5.41, 5.74) is -2.29. The van der Waals surface area contributed by atoms with Crippen LogP contribution in [0.15, 0.2) is 46.5 Å². The first-order valence-electron chi connectivity index (χ1n) is 8.62. The Labute approximate surface area is 171 Å². The van der Waals surface area contributed by atoms with Gasteiger partial charge < -0.3 is 14.3 Å². The molecule has 2 N–H and O–H groups in total. The number of alkyl halides is 4. The highest BCUT2D eigenvalue weighted by atomic mass is 19.3. The molecule has 1 unspecified atom stereocenters. The normalized spacial score (nSPS) is 18.3. The number of hydrogen-bond acceptors (Lipinski definition) is 7. The van der Waals surface area contributed by atoms with Gasteiger partial charge in [-0.05, 0) is 30.7 Å². The zero-order valence-corrected chi connectivity index (χ0v) is 15.7. The zero-order chi connectivity index (χ0) is 22.9. The summed E-state index contributed by atoms with van der Waals surface area (Å²) < 4.78 is 62.7. The molecule has 0 radical (unpaired) electrons. The van der Waals surface area contributed by atoms with E-state index in [1.54, 1.807) is 18.4 Å². The van der Waals surface area contributed by atoms with Gasteiger partial charge in [0.15, 0.2) is 11.5 Å². The smallest absolute Gasteiger partial charge is 0.311 e. The van der Waals surface area contributed by atoms with Crippen LogP contribution in [0.1, 0.15) is 21.9 Å². The van der Waals surface area contributed by atoms with Crippen LogP contribution < -0.4 is 10.2 Å². The van der Waals surface area contributed by atoms with Crippen molar-refractivity contribution in [2.24, 2.45) is 0 Å². The number of carbonyl (C=O) groups is 1. The second kappa shape index (κ2) is 8.26. The molecule has 2 heterocycles. The first-order chi connectivity index (χ1) is 14.5. The highest BCUT2D eigenvalue weighted by molar-refractivity contribution is 5.92. The molecular weight excluding hydrogens is 430 g/mol. The van der Waals surface area contributed by atoms with Crippen molar-refractivity contribution in [3.8, 4) is 5.75 Å². The molecule has 0 fully saturated rings. The Balaban J connectivity index is 1.75. The Morgan fingerprint density at radius 2 is 2.03 bits per heavy atom. The summed E-state index contributed by atoms with van der Waals surface area (Å²) in [4.78, 5) is 22.9.